The van der Waals surface area contributed by atoms with Gasteiger partial charge in [0.25, 0.3) is 0 Å². The van der Waals surface area contributed by atoms with Crippen LogP contribution in [0.25, 0.3) is 0 Å². The molecule has 1 aromatic carbocycles. The molecule has 1 aliphatic carbocycles. The summed E-state index contributed by atoms with van der Waals surface area (Å²) >= 11 is 0. The minimum atomic E-state index is -4.30. The maximum atomic E-state index is 12.3. The van der Waals surface area contributed by atoms with Crippen LogP contribution in [0.5, 0.6) is 5.75 Å². The van der Waals surface area contributed by atoms with Gasteiger partial charge in [0.1, 0.15) is 11.9 Å². The van der Waals surface area contributed by atoms with E-state index in [1.54, 1.807) is 0 Å². The molecule has 0 amide bonds. The average molecular weight is 245 g/mol. The Hall–Kier alpha value is -1.23. The fourth-order valence-corrected chi connectivity index (χ4v) is 2.00. The van der Waals surface area contributed by atoms with Crippen molar-refractivity contribution in [3.05, 3.63) is 29.8 Å². The quantitative estimate of drug-likeness (QED) is 0.869. The molecule has 5 heteroatoms. The van der Waals surface area contributed by atoms with E-state index in [2.05, 4.69) is 0 Å². The molecule has 1 fully saturated rings. The summed E-state index contributed by atoms with van der Waals surface area (Å²) in [5, 5.41) is 0. The Morgan fingerprint density at radius 3 is 2.24 bits per heavy atom. The van der Waals surface area contributed by atoms with Gasteiger partial charge in [0.05, 0.1) is 5.56 Å². The Labute approximate surface area is 97.6 Å². The van der Waals surface area contributed by atoms with Crippen molar-refractivity contribution in [2.45, 2.75) is 37.6 Å². The van der Waals surface area contributed by atoms with Gasteiger partial charge in [0.15, 0.2) is 0 Å². The summed E-state index contributed by atoms with van der Waals surface area (Å²) < 4.78 is 42.5. The van der Waals surface area contributed by atoms with Crippen LogP contribution in [0.3, 0.4) is 0 Å². The van der Waals surface area contributed by atoms with Crippen molar-refractivity contribution in [2.24, 2.45) is 5.73 Å². The molecule has 2 N–H and O–H groups in total. The highest BCUT2D eigenvalue weighted by atomic mass is 19.4. The maximum Gasteiger partial charge on any atom is 0.416 e. The minimum absolute atomic E-state index is 0.0294. The molecule has 0 saturated heterocycles. The summed E-state index contributed by atoms with van der Waals surface area (Å²) in [7, 11) is 0. The molecule has 2 atom stereocenters. The van der Waals surface area contributed by atoms with Crippen LogP contribution in [0.15, 0.2) is 24.3 Å². The second-order valence-corrected chi connectivity index (χ2v) is 4.34. The second kappa shape index (κ2) is 4.56. The molecule has 1 aromatic rings. The van der Waals surface area contributed by atoms with Gasteiger partial charge >= 0.3 is 6.18 Å². The molecule has 0 radical (unpaired) electrons. The number of ether oxygens (including phenoxy) is 1. The van der Waals surface area contributed by atoms with Gasteiger partial charge in [-0.3, -0.25) is 0 Å². The Morgan fingerprint density at radius 2 is 1.76 bits per heavy atom. The lowest BCUT2D eigenvalue weighted by molar-refractivity contribution is -0.137. The summed E-state index contributed by atoms with van der Waals surface area (Å²) in [4.78, 5) is 0. The van der Waals surface area contributed by atoms with Gasteiger partial charge in [-0.15, -0.1) is 0 Å². The van der Waals surface area contributed by atoms with Gasteiger partial charge in [-0.2, -0.15) is 13.2 Å². The first-order chi connectivity index (χ1) is 7.95. The SMILES string of the molecule is NC1CCC(Oc2ccc(C(F)(F)F)cc2)C1. The monoisotopic (exact) mass is 245 g/mol. The van der Waals surface area contributed by atoms with Crippen molar-refractivity contribution in [3.8, 4) is 5.75 Å². The van der Waals surface area contributed by atoms with Crippen LogP contribution in [0.4, 0.5) is 13.2 Å². The molecule has 17 heavy (non-hydrogen) atoms. The summed E-state index contributed by atoms with van der Waals surface area (Å²) in [6, 6.07) is 4.92. The van der Waals surface area contributed by atoms with Crippen molar-refractivity contribution in [1.82, 2.24) is 0 Å². The zero-order chi connectivity index (χ0) is 12.5. The molecule has 94 valence electrons. The second-order valence-electron chi connectivity index (χ2n) is 4.34. The highest BCUT2D eigenvalue weighted by Gasteiger charge is 2.30. The molecular weight excluding hydrogens is 231 g/mol. The summed E-state index contributed by atoms with van der Waals surface area (Å²) in [5.41, 5.74) is 5.07. The first kappa shape index (κ1) is 12.2. The predicted molar refractivity (Wildman–Crippen MR) is 57.7 cm³/mol. The first-order valence-corrected chi connectivity index (χ1v) is 5.54. The molecule has 2 nitrogen and oxygen atoms in total. The standard InChI is InChI=1S/C12H14F3NO/c13-12(14,15)8-1-4-10(5-2-8)17-11-6-3-9(16)7-11/h1-2,4-5,9,11H,3,6-7,16H2. The van der Waals surface area contributed by atoms with Crippen LogP contribution in [0.1, 0.15) is 24.8 Å². The fraction of sp³-hybridized carbons (Fsp3) is 0.500. The van der Waals surface area contributed by atoms with E-state index in [0.29, 0.717) is 5.75 Å². The van der Waals surface area contributed by atoms with Crippen LogP contribution >= 0.6 is 0 Å². The van der Waals surface area contributed by atoms with E-state index in [9.17, 15) is 13.2 Å². The third-order valence-corrected chi connectivity index (χ3v) is 2.91. The van der Waals surface area contributed by atoms with Crippen molar-refractivity contribution in [3.63, 3.8) is 0 Å². The summed E-state index contributed by atoms with van der Waals surface area (Å²) in [6.45, 7) is 0. The Morgan fingerprint density at radius 1 is 1.12 bits per heavy atom. The number of hydrogen-bond acceptors (Lipinski definition) is 2. The van der Waals surface area contributed by atoms with Gasteiger partial charge < -0.3 is 10.5 Å². The minimum Gasteiger partial charge on any atom is -0.490 e. The smallest absolute Gasteiger partial charge is 0.416 e. The topological polar surface area (TPSA) is 35.2 Å². The van der Waals surface area contributed by atoms with E-state index in [0.717, 1.165) is 31.4 Å². The first-order valence-electron chi connectivity index (χ1n) is 5.54. The van der Waals surface area contributed by atoms with E-state index in [-0.39, 0.29) is 12.1 Å². The molecule has 2 unspecified atom stereocenters. The van der Waals surface area contributed by atoms with E-state index in [1.165, 1.54) is 12.1 Å². The third-order valence-electron chi connectivity index (χ3n) is 2.91. The summed E-state index contributed by atoms with van der Waals surface area (Å²) in [6.07, 6.45) is -1.73. The maximum absolute atomic E-state index is 12.3. The van der Waals surface area contributed by atoms with Crippen molar-refractivity contribution >= 4 is 0 Å². The largest absolute Gasteiger partial charge is 0.490 e. The molecule has 0 heterocycles. The number of alkyl halides is 3. The zero-order valence-electron chi connectivity index (χ0n) is 9.20. The molecule has 1 saturated carbocycles. The average Bonchev–Trinajstić information content (AvgIpc) is 2.63. The third kappa shape index (κ3) is 3.12. The van der Waals surface area contributed by atoms with Gasteiger partial charge in [-0.05, 0) is 43.5 Å². The normalized spacial score (nSPS) is 24.9. The number of benzene rings is 1. The summed E-state index contributed by atoms with van der Waals surface area (Å²) in [5.74, 6) is 0.470. The molecule has 0 aromatic heterocycles. The zero-order valence-corrected chi connectivity index (χ0v) is 9.20. The fourth-order valence-electron chi connectivity index (χ4n) is 2.00. The molecule has 1 aliphatic rings. The Balaban J connectivity index is 1.99. The van der Waals surface area contributed by atoms with Crippen LogP contribution in [-0.2, 0) is 6.18 Å². The molecule has 0 bridgehead atoms. The highest BCUT2D eigenvalue weighted by Crippen LogP contribution is 2.31. The highest BCUT2D eigenvalue weighted by molar-refractivity contribution is 5.29. The van der Waals surface area contributed by atoms with Crippen molar-refractivity contribution < 1.29 is 17.9 Å². The van der Waals surface area contributed by atoms with Crippen LogP contribution < -0.4 is 10.5 Å². The molecule has 0 aliphatic heterocycles. The van der Waals surface area contributed by atoms with E-state index in [1.807, 2.05) is 0 Å². The van der Waals surface area contributed by atoms with E-state index >= 15 is 0 Å². The van der Waals surface area contributed by atoms with Crippen molar-refractivity contribution in [2.75, 3.05) is 0 Å². The van der Waals surface area contributed by atoms with Crippen LogP contribution in [-0.4, -0.2) is 12.1 Å². The molecule has 2 rings (SSSR count). The molecule has 0 spiro atoms. The lowest BCUT2D eigenvalue weighted by Gasteiger charge is -2.14. The van der Waals surface area contributed by atoms with Crippen molar-refractivity contribution in [1.29, 1.82) is 0 Å². The number of rotatable bonds is 2. The molecular formula is C12H14F3NO. The van der Waals surface area contributed by atoms with Crippen LogP contribution in [0.2, 0.25) is 0 Å². The van der Waals surface area contributed by atoms with Gasteiger partial charge in [-0.25, -0.2) is 0 Å². The number of halogens is 3. The van der Waals surface area contributed by atoms with E-state index < -0.39 is 11.7 Å². The van der Waals surface area contributed by atoms with Crippen LogP contribution in [0, 0.1) is 0 Å². The number of nitrogens with two attached hydrogens (primary N) is 1. The number of hydrogen-bond donors (Lipinski definition) is 1. The Bertz CT molecular complexity index is 374. The van der Waals surface area contributed by atoms with Gasteiger partial charge in [0.2, 0.25) is 0 Å². The van der Waals surface area contributed by atoms with Gasteiger partial charge in [-0.1, -0.05) is 0 Å². The van der Waals surface area contributed by atoms with E-state index in [4.69, 9.17) is 10.5 Å². The lowest BCUT2D eigenvalue weighted by atomic mass is 10.2. The van der Waals surface area contributed by atoms with Gasteiger partial charge in [0, 0.05) is 6.04 Å². The Kier molecular flexibility index (Phi) is 3.28. The lowest BCUT2D eigenvalue weighted by Crippen LogP contribution is -2.19. The predicted octanol–water partition coefficient (Wildman–Crippen LogP) is 2.96.